The number of anilines is 1. The Hall–Kier alpha value is -4.47. The van der Waals surface area contributed by atoms with Gasteiger partial charge in [0.2, 0.25) is 5.91 Å². The van der Waals surface area contributed by atoms with Gasteiger partial charge in [0.25, 0.3) is 11.8 Å². The van der Waals surface area contributed by atoms with Crippen LogP contribution in [0.4, 0.5) is 18.9 Å². The quantitative estimate of drug-likeness (QED) is 0.414. The van der Waals surface area contributed by atoms with Crippen LogP contribution in [0.5, 0.6) is 0 Å². The van der Waals surface area contributed by atoms with E-state index in [2.05, 4.69) is 10.7 Å². The van der Waals surface area contributed by atoms with Crippen molar-refractivity contribution in [3.05, 3.63) is 89.5 Å². The first-order valence-corrected chi connectivity index (χ1v) is 12.3. The molecule has 3 aromatic carbocycles. The minimum Gasteiger partial charge on any atom is -0.345 e. The van der Waals surface area contributed by atoms with E-state index in [1.807, 2.05) is 36.4 Å². The zero-order chi connectivity index (χ0) is 28.3. The van der Waals surface area contributed by atoms with Crippen LogP contribution in [-0.2, 0) is 20.6 Å². The first-order valence-electron chi connectivity index (χ1n) is 12.3. The predicted molar refractivity (Wildman–Crippen MR) is 139 cm³/mol. The molecule has 10 heteroatoms. The fourth-order valence-corrected chi connectivity index (χ4v) is 4.50. The van der Waals surface area contributed by atoms with Crippen molar-refractivity contribution >= 4 is 29.2 Å². The molecular formula is C29H26F3N3O4. The minimum absolute atomic E-state index is 0.367. The zero-order valence-corrected chi connectivity index (χ0v) is 21.2. The lowest BCUT2D eigenvalue weighted by atomic mass is 9.92. The molecule has 0 saturated heterocycles. The highest BCUT2D eigenvalue weighted by Crippen LogP contribution is 2.40. The third kappa shape index (κ3) is 5.84. The van der Waals surface area contributed by atoms with E-state index in [4.69, 9.17) is 0 Å². The Balaban J connectivity index is 1.42. The molecule has 3 aromatic rings. The molecule has 0 fully saturated rings. The maximum atomic E-state index is 13.4. The molecule has 1 heterocycles. The molecular weight excluding hydrogens is 511 g/mol. The van der Waals surface area contributed by atoms with E-state index in [0.717, 1.165) is 28.8 Å². The summed E-state index contributed by atoms with van der Waals surface area (Å²) in [5, 5.41) is 3.61. The SMILES string of the molecule is CC1C(=O)N(NC(=O)[C@H](C)NC(=O)CCC(=O)c2ccccc2C(F)(F)F)c2ccccc2-c2ccccc21. The van der Waals surface area contributed by atoms with Gasteiger partial charge in [-0.25, -0.2) is 5.01 Å². The maximum absolute atomic E-state index is 13.4. The van der Waals surface area contributed by atoms with Gasteiger partial charge in [-0.05, 0) is 37.1 Å². The van der Waals surface area contributed by atoms with Gasteiger partial charge in [-0.3, -0.25) is 24.6 Å². The fraction of sp³-hybridized carbons (Fsp3) is 0.241. The number of alkyl halides is 3. The largest absolute Gasteiger partial charge is 0.417 e. The molecule has 0 spiro atoms. The van der Waals surface area contributed by atoms with Crippen LogP contribution in [-0.4, -0.2) is 29.5 Å². The number of Topliss-reactive ketones (excluding diaryl/α,β-unsaturated/α-hetero) is 1. The smallest absolute Gasteiger partial charge is 0.345 e. The number of nitrogens with one attached hydrogen (secondary N) is 2. The first kappa shape index (κ1) is 27.6. The van der Waals surface area contributed by atoms with E-state index in [1.54, 1.807) is 19.1 Å². The lowest BCUT2D eigenvalue weighted by Gasteiger charge is -2.27. The number of carbonyl (C=O) groups excluding carboxylic acids is 4. The Morgan fingerprint density at radius 2 is 1.51 bits per heavy atom. The van der Waals surface area contributed by atoms with Gasteiger partial charge in [-0.2, -0.15) is 13.2 Å². The number of fused-ring (bicyclic) bond motifs is 3. The molecule has 202 valence electrons. The van der Waals surface area contributed by atoms with E-state index >= 15 is 0 Å². The molecule has 7 nitrogen and oxygen atoms in total. The highest BCUT2D eigenvalue weighted by atomic mass is 19.4. The fourth-order valence-electron chi connectivity index (χ4n) is 4.50. The van der Waals surface area contributed by atoms with E-state index in [-0.39, 0.29) is 5.91 Å². The van der Waals surface area contributed by atoms with Gasteiger partial charge in [0, 0.05) is 24.0 Å². The van der Waals surface area contributed by atoms with E-state index in [9.17, 15) is 32.3 Å². The number of hydrogen-bond donors (Lipinski definition) is 2. The number of hydrogen-bond acceptors (Lipinski definition) is 4. The van der Waals surface area contributed by atoms with Crippen LogP contribution < -0.4 is 15.8 Å². The summed E-state index contributed by atoms with van der Waals surface area (Å²) in [6.07, 6.45) is -5.59. The number of para-hydroxylation sites is 1. The number of halogens is 3. The Bertz CT molecular complexity index is 1440. The lowest BCUT2D eigenvalue weighted by Crippen LogP contribution is -2.54. The van der Waals surface area contributed by atoms with Crippen molar-refractivity contribution in [1.82, 2.24) is 10.7 Å². The molecule has 2 N–H and O–H groups in total. The van der Waals surface area contributed by atoms with Crippen molar-refractivity contribution in [2.45, 2.75) is 44.8 Å². The van der Waals surface area contributed by atoms with Crippen LogP contribution in [0.15, 0.2) is 72.8 Å². The second kappa shape index (κ2) is 11.1. The van der Waals surface area contributed by atoms with E-state index in [1.165, 1.54) is 24.1 Å². The van der Waals surface area contributed by atoms with Crippen molar-refractivity contribution in [1.29, 1.82) is 0 Å². The van der Waals surface area contributed by atoms with Crippen molar-refractivity contribution in [3.8, 4) is 11.1 Å². The molecule has 0 aromatic heterocycles. The zero-order valence-electron chi connectivity index (χ0n) is 21.2. The number of benzene rings is 3. The molecule has 0 radical (unpaired) electrons. The van der Waals surface area contributed by atoms with Crippen LogP contribution >= 0.6 is 0 Å². The van der Waals surface area contributed by atoms with Crippen LogP contribution in [0.2, 0.25) is 0 Å². The number of amides is 3. The molecule has 3 amide bonds. The van der Waals surface area contributed by atoms with Crippen molar-refractivity contribution in [2.75, 3.05) is 5.01 Å². The summed E-state index contributed by atoms with van der Waals surface area (Å²) >= 11 is 0. The Labute approximate surface area is 223 Å². The van der Waals surface area contributed by atoms with Gasteiger partial charge in [0.15, 0.2) is 5.78 Å². The summed E-state index contributed by atoms with van der Waals surface area (Å²) in [6, 6.07) is 17.8. The van der Waals surface area contributed by atoms with Crippen molar-refractivity contribution in [2.24, 2.45) is 0 Å². The highest BCUT2D eigenvalue weighted by Gasteiger charge is 2.35. The second-order valence-electron chi connectivity index (χ2n) is 9.23. The van der Waals surface area contributed by atoms with Crippen molar-refractivity contribution < 1.29 is 32.3 Å². The standard InChI is InChI=1S/C29H26F3N3O4/c1-17-19-9-3-4-10-20(19)21-11-6-8-14-24(21)35(28(17)39)34-27(38)18(2)33-26(37)16-15-25(36)22-12-5-7-13-23(22)29(30,31)32/h3-14,17-18H,15-16H2,1-2H3,(H,33,37)(H,34,38)/t17?,18-/m0/s1. The molecule has 0 aliphatic carbocycles. The lowest BCUT2D eigenvalue weighted by molar-refractivity contribution is -0.138. The van der Waals surface area contributed by atoms with Crippen molar-refractivity contribution in [3.63, 3.8) is 0 Å². The molecule has 0 bridgehead atoms. The van der Waals surface area contributed by atoms with Crippen LogP contribution in [0.1, 0.15) is 54.1 Å². The number of ketones is 1. The Morgan fingerprint density at radius 1 is 0.897 bits per heavy atom. The van der Waals surface area contributed by atoms with Crippen LogP contribution in [0.3, 0.4) is 0 Å². The van der Waals surface area contributed by atoms with Gasteiger partial charge < -0.3 is 5.32 Å². The number of nitrogens with zero attached hydrogens (tertiary/aromatic N) is 1. The Kier molecular flexibility index (Phi) is 7.85. The highest BCUT2D eigenvalue weighted by molar-refractivity contribution is 6.07. The van der Waals surface area contributed by atoms with Gasteiger partial charge in [-0.15, -0.1) is 0 Å². The molecule has 39 heavy (non-hydrogen) atoms. The third-order valence-electron chi connectivity index (χ3n) is 6.56. The van der Waals surface area contributed by atoms with E-state index in [0.29, 0.717) is 5.69 Å². The van der Waals surface area contributed by atoms with E-state index < -0.39 is 59.7 Å². The summed E-state index contributed by atoms with van der Waals surface area (Å²) in [5.41, 5.74) is 3.90. The summed E-state index contributed by atoms with van der Waals surface area (Å²) < 4.78 is 39.6. The maximum Gasteiger partial charge on any atom is 0.417 e. The first-order chi connectivity index (χ1) is 18.5. The average Bonchev–Trinajstić information content (AvgIpc) is 3.01. The summed E-state index contributed by atoms with van der Waals surface area (Å²) in [6.45, 7) is 3.14. The molecule has 2 atom stereocenters. The van der Waals surface area contributed by atoms with Gasteiger partial charge in [-0.1, -0.05) is 60.7 Å². The summed E-state index contributed by atoms with van der Waals surface area (Å²) in [7, 11) is 0. The predicted octanol–water partition coefficient (Wildman–Crippen LogP) is 5.02. The van der Waals surface area contributed by atoms with Gasteiger partial charge in [0.05, 0.1) is 17.2 Å². The second-order valence-corrected chi connectivity index (χ2v) is 9.23. The summed E-state index contributed by atoms with van der Waals surface area (Å²) in [5.74, 6) is -3.15. The van der Waals surface area contributed by atoms with Crippen LogP contribution in [0, 0.1) is 0 Å². The van der Waals surface area contributed by atoms with Gasteiger partial charge in [0.1, 0.15) is 6.04 Å². The Morgan fingerprint density at radius 3 is 2.23 bits per heavy atom. The topological polar surface area (TPSA) is 95.6 Å². The van der Waals surface area contributed by atoms with Gasteiger partial charge >= 0.3 is 6.18 Å². The number of hydrazine groups is 1. The third-order valence-corrected chi connectivity index (χ3v) is 6.56. The molecule has 1 aliphatic rings. The number of rotatable bonds is 7. The molecule has 0 saturated carbocycles. The molecule has 4 rings (SSSR count). The summed E-state index contributed by atoms with van der Waals surface area (Å²) in [4.78, 5) is 51.2. The van der Waals surface area contributed by atoms with Crippen LogP contribution in [0.25, 0.3) is 11.1 Å². The average molecular weight is 538 g/mol. The monoisotopic (exact) mass is 537 g/mol. The molecule has 1 unspecified atom stereocenters. The number of carbonyl (C=O) groups is 4. The minimum atomic E-state index is -4.70. The normalized spacial score (nSPS) is 15.5. The molecule has 1 aliphatic heterocycles.